The van der Waals surface area contributed by atoms with E-state index in [1.807, 2.05) is 0 Å². The van der Waals surface area contributed by atoms with Gasteiger partial charge in [-0.2, -0.15) is 0 Å². The second-order valence-electron chi connectivity index (χ2n) is 5.93. The molecule has 0 aliphatic rings. The molecule has 0 aliphatic heterocycles. The number of benzene rings is 2. The standard InChI is InChI=1S/C19H13Cl2N3O3S/c20-14-2-3-15(22)18(21)19(14)27-11-1-4-16-13(9-11)17(10-24-16)28(25,26)12-5-7-23-8-6-12/h1-10,24H,22H2. The lowest BCUT2D eigenvalue weighted by atomic mass is 10.2. The number of aromatic nitrogens is 2. The summed E-state index contributed by atoms with van der Waals surface area (Å²) in [6.07, 6.45) is 4.31. The summed E-state index contributed by atoms with van der Waals surface area (Å²) in [5, 5.41) is 0.953. The van der Waals surface area contributed by atoms with E-state index in [9.17, 15) is 8.42 Å². The van der Waals surface area contributed by atoms with E-state index in [1.54, 1.807) is 30.3 Å². The Morgan fingerprint density at radius 1 is 1.04 bits per heavy atom. The molecule has 0 radical (unpaired) electrons. The van der Waals surface area contributed by atoms with Crippen LogP contribution in [0.1, 0.15) is 0 Å². The third-order valence-corrected chi connectivity index (χ3v) is 6.66. The van der Waals surface area contributed by atoms with Gasteiger partial charge in [-0.1, -0.05) is 23.2 Å². The molecule has 4 aromatic rings. The summed E-state index contributed by atoms with van der Waals surface area (Å²) < 4.78 is 31.8. The number of nitrogens with one attached hydrogen (secondary N) is 1. The zero-order valence-corrected chi connectivity index (χ0v) is 16.5. The fourth-order valence-electron chi connectivity index (χ4n) is 2.76. The van der Waals surface area contributed by atoms with Crippen LogP contribution in [0.5, 0.6) is 11.5 Å². The van der Waals surface area contributed by atoms with Crippen LogP contribution in [-0.2, 0) is 9.84 Å². The van der Waals surface area contributed by atoms with Gasteiger partial charge in [-0.15, -0.1) is 0 Å². The van der Waals surface area contributed by atoms with Crippen LogP contribution in [0.15, 0.2) is 70.8 Å². The average molecular weight is 434 g/mol. The molecule has 28 heavy (non-hydrogen) atoms. The highest BCUT2D eigenvalue weighted by Gasteiger charge is 2.22. The van der Waals surface area contributed by atoms with E-state index < -0.39 is 9.84 Å². The van der Waals surface area contributed by atoms with Crippen molar-refractivity contribution in [2.45, 2.75) is 9.79 Å². The molecule has 0 saturated carbocycles. The monoisotopic (exact) mass is 433 g/mol. The molecule has 6 nitrogen and oxygen atoms in total. The van der Waals surface area contributed by atoms with E-state index >= 15 is 0 Å². The molecule has 0 saturated heterocycles. The van der Waals surface area contributed by atoms with Gasteiger partial charge in [0.2, 0.25) is 9.84 Å². The van der Waals surface area contributed by atoms with Gasteiger partial charge < -0.3 is 15.5 Å². The number of aromatic amines is 1. The fraction of sp³-hybridized carbons (Fsp3) is 0. The zero-order valence-electron chi connectivity index (χ0n) is 14.2. The number of hydrogen-bond donors (Lipinski definition) is 2. The molecular formula is C19H13Cl2N3O3S. The molecule has 0 bridgehead atoms. The number of nitrogen functional groups attached to an aromatic ring is 1. The van der Waals surface area contributed by atoms with Gasteiger partial charge in [-0.25, -0.2) is 8.42 Å². The first kappa shape index (κ1) is 18.6. The van der Waals surface area contributed by atoms with Crippen LogP contribution in [0, 0.1) is 0 Å². The van der Waals surface area contributed by atoms with Gasteiger partial charge in [-0.05, 0) is 42.5 Å². The highest BCUT2D eigenvalue weighted by Crippen LogP contribution is 2.40. The molecule has 9 heteroatoms. The molecule has 0 unspecified atom stereocenters. The first-order valence-corrected chi connectivity index (χ1v) is 10.3. The van der Waals surface area contributed by atoms with Crippen molar-refractivity contribution in [2.24, 2.45) is 0 Å². The normalized spacial score (nSPS) is 11.6. The largest absolute Gasteiger partial charge is 0.454 e. The molecular weight excluding hydrogens is 421 g/mol. The molecule has 2 heterocycles. The topological polar surface area (TPSA) is 98.1 Å². The first-order valence-electron chi connectivity index (χ1n) is 8.05. The van der Waals surface area contributed by atoms with E-state index in [-0.39, 0.29) is 25.6 Å². The molecule has 3 N–H and O–H groups in total. The highest BCUT2D eigenvalue weighted by molar-refractivity contribution is 7.91. The van der Waals surface area contributed by atoms with Crippen LogP contribution >= 0.6 is 23.2 Å². The minimum atomic E-state index is -3.73. The van der Waals surface area contributed by atoms with Crippen molar-refractivity contribution in [2.75, 3.05) is 5.73 Å². The fourth-order valence-corrected chi connectivity index (χ4v) is 4.62. The van der Waals surface area contributed by atoms with Gasteiger partial charge in [0.25, 0.3) is 0 Å². The summed E-state index contributed by atoms with van der Waals surface area (Å²) in [4.78, 5) is 7.10. The van der Waals surface area contributed by atoms with Crippen LogP contribution in [0.4, 0.5) is 5.69 Å². The van der Waals surface area contributed by atoms with E-state index in [2.05, 4.69) is 9.97 Å². The highest BCUT2D eigenvalue weighted by atomic mass is 35.5. The van der Waals surface area contributed by atoms with E-state index in [4.69, 9.17) is 33.7 Å². The smallest absolute Gasteiger partial charge is 0.208 e. The van der Waals surface area contributed by atoms with Crippen LogP contribution in [-0.4, -0.2) is 18.4 Å². The number of hydrogen-bond acceptors (Lipinski definition) is 5. The summed E-state index contributed by atoms with van der Waals surface area (Å²) >= 11 is 12.3. The molecule has 0 fully saturated rings. The molecule has 142 valence electrons. The Hall–Kier alpha value is -2.74. The van der Waals surface area contributed by atoms with E-state index in [0.29, 0.717) is 22.3 Å². The molecule has 2 aromatic heterocycles. The third-order valence-electron chi connectivity index (χ3n) is 4.16. The lowest BCUT2D eigenvalue weighted by Gasteiger charge is -2.11. The van der Waals surface area contributed by atoms with Crippen LogP contribution in [0.25, 0.3) is 10.9 Å². The first-order chi connectivity index (χ1) is 13.4. The van der Waals surface area contributed by atoms with Crippen molar-refractivity contribution in [3.8, 4) is 11.5 Å². The van der Waals surface area contributed by atoms with Crippen molar-refractivity contribution in [3.05, 3.63) is 71.1 Å². The molecule has 0 atom stereocenters. The van der Waals surface area contributed by atoms with E-state index in [0.717, 1.165) is 0 Å². The predicted octanol–water partition coefficient (Wildman–Crippen LogP) is 5.08. The third kappa shape index (κ3) is 3.17. The van der Waals surface area contributed by atoms with Crippen LogP contribution in [0.2, 0.25) is 10.0 Å². The number of H-pyrrole nitrogens is 1. The van der Waals surface area contributed by atoms with Gasteiger partial charge in [0.05, 0.1) is 20.5 Å². The number of halogens is 2. The Morgan fingerprint density at radius 3 is 2.54 bits per heavy atom. The number of fused-ring (bicyclic) bond motifs is 1. The number of anilines is 1. The second kappa shape index (κ2) is 7.01. The van der Waals surface area contributed by atoms with E-state index in [1.165, 1.54) is 30.7 Å². The van der Waals surface area contributed by atoms with Crippen LogP contribution in [0.3, 0.4) is 0 Å². The Balaban J connectivity index is 1.81. The minimum absolute atomic E-state index is 0.129. The SMILES string of the molecule is Nc1ccc(Cl)c(Oc2ccc3[nH]cc(S(=O)(=O)c4ccncc4)c3c2)c1Cl. The second-order valence-corrected chi connectivity index (χ2v) is 8.63. The number of nitrogens with two attached hydrogens (primary N) is 1. The maximum absolute atomic E-state index is 13.0. The lowest BCUT2D eigenvalue weighted by Crippen LogP contribution is -2.01. The summed E-state index contributed by atoms with van der Waals surface area (Å²) in [7, 11) is -3.73. The van der Waals surface area contributed by atoms with Gasteiger partial charge in [-0.3, -0.25) is 4.98 Å². The predicted molar refractivity (Wildman–Crippen MR) is 109 cm³/mol. The van der Waals surface area contributed by atoms with Crippen molar-refractivity contribution < 1.29 is 13.2 Å². The molecule has 2 aromatic carbocycles. The Labute approximate surface area is 170 Å². The molecule has 0 amide bonds. The number of rotatable bonds is 4. The quantitative estimate of drug-likeness (QED) is 0.437. The van der Waals surface area contributed by atoms with Crippen molar-refractivity contribution >= 4 is 49.6 Å². The number of ether oxygens (including phenoxy) is 1. The van der Waals surface area contributed by atoms with Gasteiger partial charge >= 0.3 is 0 Å². The maximum atomic E-state index is 13.0. The van der Waals surface area contributed by atoms with Gasteiger partial charge in [0, 0.05) is 29.5 Å². The minimum Gasteiger partial charge on any atom is -0.454 e. The summed E-state index contributed by atoms with van der Waals surface area (Å²) in [5.74, 6) is 0.574. The van der Waals surface area contributed by atoms with Gasteiger partial charge in [0.1, 0.15) is 10.8 Å². The summed E-state index contributed by atoms with van der Waals surface area (Å²) in [6, 6.07) is 11.0. The number of pyridine rings is 1. The van der Waals surface area contributed by atoms with Crippen molar-refractivity contribution in [3.63, 3.8) is 0 Å². The number of nitrogens with zero attached hydrogens (tertiary/aromatic N) is 1. The van der Waals surface area contributed by atoms with Gasteiger partial charge in [0.15, 0.2) is 5.75 Å². The molecule has 0 aliphatic carbocycles. The Bertz CT molecular complexity index is 1290. The zero-order chi connectivity index (χ0) is 19.9. The summed E-state index contributed by atoms with van der Waals surface area (Å²) in [5.41, 5.74) is 6.77. The molecule has 4 rings (SSSR count). The average Bonchev–Trinajstić information content (AvgIpc) is 3.13. The maximum Gasteiger partial charge on any atom is 0.208 e. The van der Waals surface area contributed by atoms with Crippen molar-refractivity contribution in [1.82, 2.24) is 9.97 Å². The Kier molecular flexibility index (Phi) is 4.66. The molecule has 0 spiro atoms. The Morgan fingerprint density at radius 2 is 1.79 bits per heavy atom. The number of sulfone groups is 1. The summed E-state index contributed by atoms with van der Waals surface area (Å²) in [6.45, 7) is 0. The lowest BCUT2D eigenvalue weighted by molar-refractivity contribution is 0.484. The van der Waals surface area contributed by atoms with Crippen molar-refractivity contribution in [1.29, 1.82) is 0 Å². The van der Waals surface area contributed by atoms with Crippen LogP contribution < -0.4 is 10.5 Å².